The maximum Gasteiger partial charge on any atom is 0.265 e. The lowest BCUT2D eigenvalue weighted by atomic mass is 9.79. The molecule has 4 aromatic carbocycles. The number of phenolic OH excluding ortho intramolecular Hbond substituents is 8. The van der Waals surface area contributed by atoms with Gasteiger partial charge in [-0.1, -0.05) is 6.07 Å². The number of rotatable bonds is 3. The molecule has 0 aliphatic carbocycles. The van der Waals surface area contributed by atoms with Gasteiger partial charge in [0.15, 0.2) is 23.0 Å². The van der Waals surface area contributed by atoms with Crippen molar-refractivity contribution in [2.45, 2.75) is 36.4 Å². The van der Waals surface area contributed by atoms with Crippen LogP contribution in [0.4, 0.5) is 0 Å². The van der Waals surface area contributed by atoms with Crippen LogP contribution in [0.1, 0.15) is 39.8 Å². The number of hydrogen-bond acceptors (Lipinski definition) is 12. The summed E-state index contributed by atoms with van der Waals surface area (Å²) in [6.07, 6.45) is -3.37. The Hall–Kier alpha value is -5.20. The summed E-state index contributed by atoms with van der Waals surface area (Å²) in [5, 5.41) is 94.0. The Morgan fingerprint density at radius 1 is 0.667 bits per heavy atom. The van der Waals surface area contributed by atoms with E-state index in [1.54, 1.807) is 0 Å². The molecule has 0 amide bonds. The van der Waals surface area contributed by atoms with Crippen molar-refractivity contribution >= 4 is 0 Å². The summed E-state index contributed by atoms with van der Waals surface area (Å²) in [6.45, 7) is 0. The average Bonchev–Trinajstić information content (AvgIpc) is 3.66. The molecule has 0 aromatic heterocycles. The second kappa shape index (κ2) is 8.65. The van der Waals surface area contributed by atoms with Crippen molar-refractivity contribution in [2.75, 3.05) is 0 Å². The van der Waals surface area contributed by atoms with E-state index in [2.05, 4.69) is 0 Å². The zero-order chi connectivity index (χ0) is 29.7. The van der Waals surface area contributed by atoms with Gasteiger partial charge in [-0.15, -0.1) is 0 Å². The van der Waals surface area contributed by atoms with Crippen LogP contribution in [-0.4, -0.2) is 58.2 Å². The van der Waals surface area contributed by atoms with E-state index >= 15 is 0 Å². The first-order valence-electron chi connectivity index (χ1n) is 12.9. The van der Waals surface area contributed by atoms with Crippen LogP contribution in [0.5, 0.6) is 57.5 Å². The summed E-state index contributed by atoms with van der Waals surface area (Å²) in [7, 11) is 0. The van der Waals surface area contributed by atoms with E-state index in [1.807, 2.05) is 0 Å². The molecule has 0 spiro atoms. The van der Waals surface area contributed by atoms with Crippen LogP contribution in [0, 0.1) is 0 Å². The van der Waals surface area contributed by atoms with Crippen molar-refractivity contribution in [1.82, 2.24) is 0 Å². The number of ether oxygens (including phenoxy) is 3. The fourth-order valence-corrected chi connectivity index (χ4v) is 6.01. The SMILES string of the molecule is Oc1cc(O)c2c(c1)O[C@]1(c3ccc(O)c(O)c3)O[C@@H]1[C@H]2c1c(O)cc(O)c2c1O[C@H](c1ccc(O)c(O)c1)[C@@H](O)C2. The lowest BCUT2D eigenvalue weighted by Gasteiger charge is -2.36. The highest BCUT2D eigenvalue weighted by molar-refractivity contribution is 5.67. The van der Waals surface area contributed by atoms with Gasteiger partial charge in [0.05, 0.1) is 12.0 Å². The van der Waals surface area contributed by atoms with Gasteiger partial charge in [0.2, 0.25) is 0 Å². The molecule has 216 valence electrons. The fraction of sp³-hybridized carbons (Fsp3) is 0.200. The highest BCUT2D eigenvalue weighted by Gasteiger charge is 2.69. The molecule has 7 rings (SSSR count). The van der Waals surface area contributed by atoms with Crippen molar-refractivity contribution in [3.8, 4) is 57.5 Å². The van der Waals surface area contributed by atoms with Gasteiger partial charge >= 0.3 is 0 Å². The molecule has 1 fully saturated rings. The number of aliphatic hydroxyl groups excluding tert-OH is 1. The number of benzene rings is 4. The van der Waals surface area contributed by atoms with Crippen LogP contribution < -0.4 is 9.47 Å². The van der Waals surface area contributed by atoms with Gasteiger partial charge in [-0.05, 0) is 35.9 Å². The molecule has 0 radical (unpaired) electrons. The number of fused-ring (bicyclic) bond motifs is 3. The molecule has 0 saturated carbocycles. The monoisotopic (exact) mass is 576 g/mol. The van der Waals surface area contributed by atoms with Gasteiger partial charge in [-0.2, -0.15) is 0 Å². The number of phenols is 8. The molecule has 5 atom stereocenters. The first kappa shape index (κ1) is 25.7. The number of epoxide rings is 1. The van der Waals surface area contributed by atoms with Crippen LogP contribution in [0.2, 0.25) is 0 Å². The third-order valence-corrected chi connectivity index (χ3v) is 8.00. The summed E-state index contributed by atoms with van der Waals surface area (Å²) >= 11 is 0. The Labute approximate surface area is 236 Å². The van der Waals surface area contributed by atoms with Gasteiger partial charge in [0.25, 0.3) is 5.79 Å². The van der Waals surface area contributed by atoms with Crippen LogP contribution in [0.25, 0.3) is 0 Å². The van der Waals surface area contributed by atoms with Crippen LogP contribution >= 0.6 is 0 Å². The van der Waals surface area contributed by atoms with Gasteiger partial charge in [0, 0.05) is 46.9 Å². The van der Waals surface area contributed by atoms with E-state index in [9.17, 15) is 46.0 Å². The summed E-state index contributed by atoms with van der Waals surface area (Å²) in [4.78, 5) is 0. The zero-order valence-electron chi connectivity index (χ0n) is 21.5. The second-order valence-electron chi connectivity index (χ2n) is 10.6. The Morgan fingerprint density at radius 3 is 2.07 bits per heavy atom. The lowest BCUT2D eigenvalue weighted by molar-refractivity contribution is 0.0185. The van der Waals surface area contributed by atoms with Gasteiger partial charge in [-0.25, -0.2) is 0 Å². The van der Waals surface area contributed by atoms with Gasteiger partial charge in [0.1, 0.15) is 46.7 Å². The normalized spacial score (nSPS) is 25.4. The predicted molar refractivity (Wildman–Crippen MR) is 141 cm³/mol. The molecule has 42 heavy (non-hydrogen) atoms. The smallest absolute Gasteiger partial charge is 0.265 e. The summed E-state index contributed by atoms with van der Waals surface area (Å²) in [5.41, 5.74) is 0.958. The average molecular weight is 577 g/mol. The van der Waals surface area contributed by atoms with Crippen LogP contribution in [0.15, 0.2) is 54.6 Å². The number of aromatic hydroxyl groups is 8. The molecule has 9 N–H and O–H groups in total. The van der Waals surface area contributed by atoms with Crippen molar-refractivity contribution in [3.05, 3.63) is 82.4 Å². The van der Waals surface area contributed by atoms with E-state index in [0.717, 1.165) is 12.1 Å². The largest absolute Gasteiger partial charge is 0.508 e. The highest BCUT2D eigenvalue weighted by Crippen LogP contribution is 2.65. The molecule has 3 heterocycles. The Balaban J connectivity index is 1.42. The van der Waals surface area contributed by atoms with Crippen molar-refractivity contribution < 1.29 is 60.2 Å². The molecular formula is C30H24O12. The molecule has 0 unspecified atom stereocenters. The van der Waals surface area contributed by atoms with Crippen molar-refractivity contribution in [3.63, 3.8) is 0 Å². The third kappa shape index (κ3) is 3.62. The minimum absolute atomic E-state index is 0.00380. The van der Waals surface area contributed by atoms with Crippen LogP contribution in [0.3, 0.4) is 0 Å². The van der Waals surface area contributed by atoms with Crippen molar-refractivity contribution in [2.24, 2.45) is 0 Å². The zero-order valence-corrected chi connectivity index (χ0v) is 21.5. The van der Waals surface area contributed by atoms with Crippen molar-refractivity contribution in [1.29, 1.82) is 0 Å². The quantitative estimate of drug-likeness (QED) is 0.127. The fourth-order valence-electron chi connectivity index (χ4n) is 6.01. The van der Waals surface area contributed by atoms with E-state index in [0.29, 0.717) is 11.1 Å². The topological polar surface area (TPSA) is 213 Å². The second-order valence-corrected chi connectivity index (χ2v) is 10.6. The molecule has 3 aliphatic rings. The molecular weight excluding hydrogens is 552 g/mol. The van der Waals surface area contributed by atoms with Crippen LogP contribution in [-0.2, 0) is 16.9 Å². The minimum Gasteiger partial charge on any atom is -0.508 e. The molecule has 1 saturated heterocycles. The molecule has 12 nitrogen and oxygen atoms in total. The molecule has 3 aliphatic heterocycles. The third-order valence-electron chi connectivity index (χ3n) is 8.00. The molecule has 0 bridgehead atoms. The Kier molecular flexibility index (Phi) is 5.30. The molecule has 12 heteroatoms. The van der Waals surface area contributed by atoms with Gasteiger partial charge in [-0.3, -0.25) is 0 Å². The first-order chi connectivity index (χ1) is 20.0. The predicted octanol–water partition coefficient (Wildman–Crippen LogP) is 3.14. The van der Waals surface area contributed by atoms with E-state index in [1.165, 1.54) is 42.5 Å². The number of hydrogen-bond donors (Lipinski definition) is 9. The molecule has 4 aromatic rings. The Morgan fingerprint density at radius 2 is 1.36 bits per heavy atom. The summed E-state index contributed by atoms with van der Waals surface area (Å²) in [5.74, 6) is -5.76. The Bertz CT molecular complexity index is 1790. The van der Waals surface area contributed by atoms with E-state index in [4.69, 9.17) is 14.2 Å². The lowest BCUT2D eigenvalue weighted by Crippen LogP contribution is -2.33. The van der Waals surface area contributed by atoms with E-state index < -0.39 is 47.3 Å². The highest BCUT2D eigenvalue weighted by atomic mass is 16.8. The van der Waals surface area contributed by atoms with Gasteiger partial charge < -0.3 is 60.2 Å². The maximum atomic E-state index is 11.3. The summed E-state index contributed by atoms with van der Waals surface area (Å²) < 4.78 is 18.4. The minimum atomic E-state index is -1.57. The maximum absolute atomic E-state index is 11.3. The number of aliphatic hydroxyl groups is 1. The first-order valence-corrected chi connectivity index (χ1v) is 12.9. The van der Waals surface area contributed by atoms with E-state index in [-0.39, 0.29) is 63.4 Å². The summed E-state index contributed by atoms with van der Waals surface area (Å²) in [6, 6.07) is 11.3. The standard InChI is InChI=1S/C30H24O12/c31-13-7-20(37)24-23(8-13)41-30(12-2-4-16(33)19(36)6-12)29(42-30)26(24)25-21(38)10-17(34)14-9-22(39)27(40-28(14)25)11-1-3-15(32)18(35)5-11/h1-8,10,22,26-27,29,31-39H,9H2/t22-,26+,27+,29+,30+/m0/s1.